The van der Waals surface area contributed by atoms with E-state index >= 15 is 0 Å². The summed E-state index contributed by atoms with van der Waals surface area (Å²) in [6.45, 7) is 0. The van der Waals surface area contributed by atoms with Crippen LogP contribution in [0.1, 0.15) is 0 Å². The number of rotatable bonds is 11. The van der Waals surface area contributed by atoms with Crippen molar-refractivity contribution >= 4 is 56.4 Å². The summed E-state index contributed by atoms with van der Waals surface area (Å²) < 4.78 is 85.8. The fourth-order valence-electron chi connectivity index (χ4n) is 0.735. The highest BCUT2D eigenvalue weighted by Gasteiger charge is 2.48. The van der Waals surface area contributed by atoms with E-state index in [0.29, 0.717) is 0 Å². The van der Waals surface area contributed by atoms with Gasteiger partial charge in [-0.3, -0.25) is 4.31 Å². The Morgan fingerprint density at radius 3 is 0.923 bits per heavy atom. The lowest BCUT2D eigenvalue weighted by molar-refractivity contribution is 0.186. The molecule has 0 aliphatic rings. The van der Waals surface area contributed by atoms with Crippen molar-refractivity contribution in [3.05, 3.63) is 0 Å². The van der Waals surface area contributed by atoms with Gasteiger partial charge in [0.05, 0.1) is 0 Å². The molecule has 0 aliphatic heterocycles. The molecule has 0 saturated heterocycles. The first-order chi connectivity index (χ1) is 11.1. The third-order valence-corrected chi connectivity index (χ3v) is 10.5. The fourth-order valence-corrected chi connectivity index (χ4v) is 8.03. The first kappa shape index (κ1) is 27.3. The van der Waals surface area contributed by atoms with Crippen molar-refractivity contribution in [1.29, 1.82) is 0 Å². The second-order valence-electron chi connectivity index (χ2n) is 3.35. The summed E-state index contributed by atoms with van der Waals surface area (Å²) in [5.41, 5.74) is 0. The van der Waals surface area contributed by atoms with Crippen LogP contribution in [0, 0.1) is 0 Å². The van der Waals surface area contributed by atoms with Gasteiger partial charge in [0.1, 0.15) is 0 Å². The summed E-state index contributed by atoms with van der Waals surface area (Å²) in [5.74, 6) is 0. The first-order valence-corrected chi connectivity index (χ1v) is 14.2. The van der Waals surface area contributed by atoms with Gasteiger partial charge in [-0.1, -0.05) is 0 Å². The van der Waals surface area contributed by atoms with Crippen LogP contribution in [0.25, 0.3) is 0 Å². The smallest absolute Gasteiger partial charge is 0.302 e. The molecule has 0 radical (unpaired) electrons. The maximum Gasteiger partial charge on any atom is 0.490 e. The molecule has 0 aromatic rings. The van der Waals surface area contributed by atoms with Crippen LogP contribution in [0.15, 0.2) is 0 Å². The van der Waals surface area contributed by atoms with E-state index < -0.39 is 46.9 Å². The molecule has 19 nitrogen and oxygen atoms in total. The number of phosphoric acid groups is 6. The summed E-state index contributed by atoms with van der Waals surface area (Å²) in [5, 5.41) is 0. The van der Waals surface area contributed by atoms with Gasteiger partial charge in [-0.05, 0) is 0 Å². The molecular formula is H9O19P7. The van der Waals surface area contributed by atoms with E-state index in [1.807, 2.05) is 0 Å². The molecule has 0 bridgehead atoms. The van der Waals surface area contributed by atoms with Gasteiger partial charge in [-0.2, -0.15) is 21.6 Å². The van der Waals surface area contributed by atoms with Crippen molar-refractivity contribution in [2.45, 2.75) is 0 Å². The van der Waals surface area contributed by atoms with Crippen molar-refractivity contribution in [1.82, 2.24) is 0 Å². The van der Waals surface area contributed by atoms with Crippen LogP contribution in [-0.4, -0.2) is 34.3 Å². The van der Waals surface area contributed by atoms with Crippen molar-refractivity contribution in [2.75, 3.05) is 0 Å². The lowest BCUT2D eigenvalue weighted by Gasteiger charge is -2.19. The predicted octanol–water partition coefficient (Wildman–Crippen LogP) is 0.471. The Kier molecular flexibility index (Phi) is 9.42. The Morgan fingerprint density at radius 2 is 0.692 bits per heavy atom. The van der Waals surface area contributed by atoms with Gasteiger partial charge in [0.2, 0.25) is 0 Å². The van der Waals surface area contributed by atoms with Crippen molar-refractivity contribution in [3.8, 4) is 0 Å². The molecule has 158 valence electrons. The van der Waals surface area contributed by atoms with Gasteiger partial charge in [0, 0.05) is 9.47 Å². The minimum atomic E-state index is -6.24. The minimum absolute atomic E-state index is 1.12. The molecule has 0 heterocycles. The van der Waals surface area contributed by atoms with Crippen LogP contribution in [-0.2, 0) is 53.3 Å². The lowest BCUT2D eigenvalue weighted by atomic mass is 15.7. The highest BCUT2D eigenvalue weighted by molar-refractivity contribution is 7.72. The second kappa shape index (κ2) is 8.97. The quantitative estimate of drug-likeness (QED) is 0.179. The summed E-state index contributed by atoms with van der Waals surface area (Å²) in [6.07, 6.45) is 0. The van der Waals surface area contributed by atoms with Gasteiger partial charge in [0.15, 0.2) is 0 Å². The summed E-state index contributed by atoms with van der Waals surface area (Å²) in [4.78, 5) is 60.9. The number of hydrogen-bond donors (Lipinski definition) is 7. The average Bonchev–Trinajstić information content (AvgIpc) is 2.16. The first-order valence-electron chi connectivity index (χ1n) is 4.74. The maximum atomic E-state index is 11.3. The zero-order valence-electron chi connectivity index (χ0n) is 11.3. The second-order valence-corrected chi connectivity index (χ2v) is 13.1. The van der Waals surface area contributed by atoms with E-state index in [-0.39, 0.29) is 0 Å². The molecular weight excluding hydrogens is 521 g/mol. The zero-order valence-corrected chi connectivity index (χ0v) is 17.8. The molecule has 0 amide bonds. The molecule has 0 aromatic heterocycles. The van der Waals surface area contributed by atoms with Crippen LogP contribution < -0.4 is 0 Å². The molecule has 0 rings (SSSR count). The van der Waals surface area contributed by atoms with Crippen molar-refractivity contribution in [3.63, 3.8) is 0 Å². The largest absolute Gasteiger partial charge is 0.490 e. The molecule has 6 atom stereocenters. The predicted molar refractivity (Wildman–Crippen MR) is 77.4 cm³/mol. The average molecular weight is 530 g/mol. The summed E-state index contributed by atoms with van der Waals surface area (Å²) in [7, 11) is -34.5. The summed E-state index contributed by atoms with van der Waals surface area (Å²) in [6, 6.07) is 0. The van der Waals surface area contributed by atoms with E-state index in [9.17, 15) is 27.4 Å². The molecule has 7 N–H and O–H groups in total. The van der Waals surface area contributed by atoms with E-state index in [4.69, 9.17) is 34.3 Å². The molecule has 0 saturated carbocycles. The topological polar surface area (TPSA) is 299 Å². The van der Waals surface area contributed by atoms with Gasteiger partial charge in [0.25, 0.3) is 0 Å². The van der Waals surface area contributed by atoms with E-state index in [0.717, 1.165) is 9.47 Å². The van der Waals surface area contributed by atoms with Crippen molar-refractivity contribution < 1.29 is 87.5 Å². The van der Waals surface area contributed by atoms with Crippen LogP contribution >= 0.6 is 56.4 Å². The van der Waals surface area contributed by atoms with Crippen LogP contribution in [0.4, 0.5) is 0 Å². The van der Waals surface area contributed by atoms with E-state index in [2.05, 4.69) is 25.9 Å². The Labute approximate surface area is 144 Å². The van der Waals surface area contributed by atoms with E-state index in [1.165, 1.54) is 0 Å². The van der Waals surface area contributed by atoms with Gasteiger partial charge in [-0.15, -0.1) is 0 Å². The monoisotopic (exact) mass is 530 g/mol. The Hall–Kier alpha value is 1.29. The molecule has 0 aliphatic carbocycles. The zero-order chi connectivity index (χ0) is 21.2. The standard InChI is InChI=1S/H9O19P7/c1-21(2,3)15-23(6,7)17-25(10,11)19-26(12,13)18-24(8,9)16-22(4,5)14-20/h20H2,(H,4,5)(H,6,7)(H,8,9)(H,10,11)(H,12,13)(H2,1,2,3). The van der Waals surface area contributed by atoms with E-state index in [1.54, 1.807) is 0 Å². The van der Waals surface area contributed by atoms with Crippen LogP contribution in [0.2, 0.25) is 0 Å². The highest BCUT2D eigenvalue weighted by atomic mass is 31.3. The maximum absolute atomic E-state index is 11.3. The third-order valence-electron chi connectivity index (χ3n) is 1.17. The SMILES string of the molecule is O=P(O)(O)OP(=O)(O)OP(=O)(O)OP(=O)(O)OP(=O)(O)OP(=O)(O)OP. The van der Waals surface area contributed by atoms with Crippen molar-refractivity contribution in [2.24, 2.45) is 0 Å². The third kappa shape index (κ3) is 12.7. The molecule has 0 aromatic carbocycles. The molecule has 0 fully saturated rings. The Morgan fingerprint density at radius 1 is 0.462 bits per heavy atom. The van der Waals surface area contributed by atoms with Gasteiger partial charge < -0.3 is 34.3 Å². The fraction of sp³-hybridized carbons (Fsp3) is 0. The molecule has 26 heteroatoms. The Balaban J connectivity index is 5.24. The normalized spacial score (nSPS) is 24.5. The van der Waals surface area contributed by atoms with Crippen LogP contribution in [0.5, 0.6) is 0 Å². The van der Waals surface area contributed by atoms with Crippen LogP contribution in [0.3, 0.4) is 0 Å². The molecule has 6 unspecified atom stereocenters. The van der Waals surface area contributed by atoms with Gasteiger partial charge >= 0.3 is 46.9 Å². The Bertz CT molecular complexity index is 778. The summed E-state index contributed by atoms with van der Waals surface area (Å²) >= 11 is 0. The minimum Gasteiger partial charge on any atom is -0.302 e. The lowest BCUT2D eigenvalue weighted by Crippen LogP contribution is -1.98. The molecule has 0 spiro atoms. The highest BCUT2D eigenvalue weighted by Crippen LogP contribution is 2.75. The van der Waals surface area contributed by atoms with Gasteiger partial charge in [-0.25, -0.2) is 27.4 Å². The number of hydrogen-bond acceptors (Lipinski definition) is 12. The molecule has 26 heavy (non-hydrogen) atoms.